The van der Waals surface area contributed by atoms with Crippen LogP contribution >= 0.6 is 0 Å². The second-order valence-electron chi connectivity index (χ2n) is 4.19. The van der Waals surface area contributed by atoms with Gasteiger partial charge in [-0.1, -0.05) is 19.1 Å². The van der Waals surface area contributed by atoms with E-state index in [4.69, 9.17) is 0 Å². The van der Waals surface area contributed by atoms with Gasteiger partial charge in [-0.05, 0) is 36.2 Å². The molecule has 0 saturated carbocycles. The summed E-state index contributed by atoms with van der Waals surface area (Å²) in [4.78, 5) is 16.1. The highest BCUT2D eigenvalue weighted by molar-refractivity contribution is 6.02. The standard InChI is InChI=1S/C15H17N3O/c1-3-11-5-4-6-12(9-11)18-15(19)14-8-7-13(16-2)10-17-14/h4-10,16H,3H2,1-2H3,(H,18,19). The van der Waals surface area contributed by atoms with Gasteiger partial charge in [0, 0.05) is 12.7 Å². The van der Waals surface area contributed by atoms with Gasteiger partial charge < -0.3 is 10.6 Å². The van der Waals surface area contributed by atoms with Crippen molar-refractivity contribution in [2.45, 2.75) is 13.3 Å². The average molecular weight is 255 g/mol. The van der Waals surface area contributed by atoms with Crippen molar-refractivity contribution in [2.24, 2.45) is 0 Å². The van der Waals surface area contributed by atoms with Crippen LogP contribution in [0, 0.1) is 0 Å². The van der Waals surface area contributed by atoms with Gasteiger partial charge in [0.2, 0.25) is 0 Å². The number of nitrogens with one attached hydrogen (secondary N) is 2. The zero-order valence-corrected chi connectivity index (χ0v) is 11.1. The molecule has 4 nitrogen and oxygen atoms in total. The van der Waals surface area contributed by atoms with Crippen molar-refractivity contribution >= 4 is 17.3 Å². The minimum Gasteiger partial charge on any atom is -0.387 e. The maximum Gasteiger partial charge on any atom is 0.274 e. The number of nitrogens with zero attached hydrogens (tertiary/aromatic N) is 1. The number of anilines is 2. The third kappa shape index (κ3) is 3.31. The summed E-state index contributed by atoms with van der Waals surface area (Å²) in [6, 6.07) is 11.3. The predicted octanol–water partition coefficient (Wildman–Crippen LogP) is 2.94. The van der Waals surface area contributed by atoms with Crippen molar-refractivity contribution in [2.75, 3.05) is 17.7 Å². The lowest BCUT2D eigenvalue weighted by Crippen LogP contribution is -2.13. The number of pyridine rings is 1. The highest BCUT2D eigenvalue weighted by atomic mass is 16.1. The summed E-state index contributed by atoms with van der Waals surface area (Å²) >= 11 is 0. The van der Waals surface area contributed by atoms with E-state index >= 15 is 0 Å². The molecule has 0 spiro atoms. The summed E-state index contributed by atoms with van der Waals surface area (Å²) in [5.41, 5.74) is 3.27. The van der Waals surface area contributed by atoms with Crippen molar-refractivity contribution in [1.82, 2.24) is 4.98 Å². The molecule has 1 aromatic carbocycles. The molecule has 2 aromatic rings. The summed E-state index contributed by atoms with van der Waals surface area (Å²) in [5, 5.41) is 5.81. The SMILES string of the molecule is CCc1cccc(NC(=O)c2ccc(NC)cn2)c1. The second-order valence-corrected chi connectivity index (χ2v) is 4.19. The number of amides is 1. The zero-order valence-electron chi connectivity index (χ0n) is 11.1. The van der Waals surface area contributed by atoms with Gasteiger partial charge in [-0.2, -0.15) is 0 Å². The Hall–Kier alpha value is -2.36. The molecule has 1 amide bonds. The Labute approximate surface area is 112 Å². The number of aryl methyl sites for hydroxylation is 1. The van der Waals surface area contributed by atoms with Gasteiger partial charge in [0.05, 0.1) is 11.9 Å². The molecule has 2 N–H and O–H groups in total. The Morgan fingerprint density at radius 2 is 2.05 bits per heavy atom. The van der Waals surface area contributed by atoms with E-state index in [9.17, 15) is 4.79 Å². The molecule has 0 aliphatic carbocycles. The lowest BCUT2D eigenvalue weighted by Gasteiger charge is -2.06. The van der Waals surface area contributed by atoms with Gasteiger partial charge in [-0.3, -0.25) is 4.79 Å². The number of carbonyl (C=O) groups is 1. The van der Waals surface area contributed by atoms with Crippen molar-refractivity contribution in [3.8, 4) is 0 Å². The van der Waals surface area contributed by atoms with Crippen LogP contribution in [0.25, 0.3) is 0 Å². The molecule has 0 radical (unpaired) electrons. The first-order valence-corrected chi connectivity index (χ1v) is 6.27. The minimum atomic E-state index is -0.198. The number of carbonyl (C=O) groups excluding carboxylic acids is 1. The zero-order chi connectivity index (χ0) is 13.7. The second kappa shape index (κ2) is 6.00. The normalized spacial score (nSPS) is 10.0. The molecule has 1 heterocycles. The van der Waals surface area contributed by atoms with Gasteiger partial charge in [0.1, 0.15) is 5.69 Å². The number of benzene rings is 1. The van der Waals surface area contributed by atoms with Crippen LogP contribution in [-0.2, 0) is 6.42 Å². The fraction of sp³-hybridized carbons (Fsp3) is 0.200. The predicted molar refractivity (Wildman–Crippen MR) is 77.6 cm³/mol. The Kier molecular flexibility index (Phi) is 4.13. The van der Waals surface area contributed by atoms with Gasteiger partial charge >= 0.3 is 0 Å². The number of aromatic nitrogens is 1. The lowest BCUT2D eigenvalue weighted by molar-refractivity contribution is 0.102. The smallest absolute Gasteiger partial charge is 0.274 e. The van der Waals surface area contributed by atoms with E-state index in [2.05, 4.69) is 22.5 Å². The molecular weight excluding hydrogens is 238 g/mol. The van der Waals surface area contributed by atoms with Crippen LogP contribution in [0.3, 0.4) is 0 Å². The fourth-order valence-corrected chi connectivity index (χ4v) is 1.74. The topological polar surface area (TPSA) is 54.0 Å². The van der Waals surface area contributed by atoms with Gasteiger partial charge in [0.15, 0.2) is 0 Å². The summed E-state index contributed by atoms with van der Waals surface area (Å²) in [6.07, 6.45) is 2.58. The van der Waals surface area contributed by atoms with Gasteiger partial charge in [-0.25, -0.2) is 4.98 Å². The average Bonchev–Trinajstić information content (AvgIpc) is 2.47. The van der Waals surface area contributed by atoms with Crippen LogP contribution in [0.2, 0.25) is 0 Å². The molecule has 0 atom stereocenters. The van der Waals surface area contributed by atoms with Crippen molar-refractivity contribution < 1.29 is 4.79 Å². The third-order valence-corrected chi connectivity index (χ3v) is 2.88. The van der Waals surface area contributed by atoms with E-state index in [-0.39, 0.29) is 5.91 Å². The van der Waals surface area contributed by atoms with Crippen LogP contribution in [0.15, 0.2) is 42.6 Å². The number of hydrogen-bond donors (Lipinski definition) is 2. The lowest BCUT2D eigenvalue weighted by atomic mass is 10.1. The minimum absolute atomic E-state index is 0.198. The largest absolute Gasteiger partial charge is 0.387 e. The van der Waals surface area contributed by atoms with Crippen LogP contribution in [0.4, 0.5) is 11.4 Å². The quantitative estimate of drug-likeness (QED) is 0.883. The molecule has 1 aromatic heterocycles. The molecular formula is C15H17N3O. The number of hydrogen-bond acceptors (Lipinski definition) is 3. The Morgan fingerprint density at radius 1 is 1.21 bits per heavy atom. The molecule has 4 heteroatoms. The monoisotopic (exact) mass is 255 g/mol. The first-order valence-electron chi connectivity index (χ1n) is 6.27. The fourth-order valence-electron chi connectivity index (χ4n) is 1.74. The van der Waals surface area contributed by atoms with Crippen LogP contribution in [0.1, 0.15) is 23.0 Å². The molecule has 0 bridgehead atoms. The van der Waals surface area contributed by atoms with E-state index in [1.807, 2.05) is 37.4 Å². The van der Waals surface area contributed by atoms with E-state index in [0.29, 0.717) is 5.69 Å². The molecule has 98 valence electrons. The van der Waals surface area contributed by atoms with E-state index in [0.717, 1.165) is 17.8 Å². The van der Waals surface area contributed by atoms with Gasteiger partial charge in [-0.15, -0.1) is 0 Å². The summed E-state index contributed by atoms with van der Waals surface area (Å²) in [5.74, 6) is -0.198. The van der Waals surface area contributed by atoms with E-state index < -0.39 is 0 Å². The molecule has 0 aliphatic heterocycles. The highest BCUT2D eigenvalue weighted by Crippen LogP contribution is 2.13. The Morgan fingerprint density at radius 3 is 2.68 bits per heavy atom. The van der Waals surface area contributed by atoms with E-state index in [1.165, 1.54) is 5.56 Å². The highest BCUT2D eigenvalue weighted by Gasteiger charge is 2.07. The first kappa shape index (κ1) is 13.1. The summed E-state index contributed by atoms with van der Waals surface area (Å²) < 4.78 is 0. The maximum absolute atomic E-state index is 12.0. The summed E-state index contributed by atoms with van der Waals surface area (Å²) in [6.45, 7) is 2.08. The third-order valence-electron chi connectivity index (χ3n) is 2.88. The van der Waals surface area contributed by atoms with Crippen molar-refractivity contribution in [1.29, 1.82) is 0 Å². The van der Waals surface area contributed by atoms with E-state index in [1.54, 1.807) is 12.3 Å². The Balaban J connectivity index is 2.11. The first-order chi connectivity index (χ1) is 9.22. The van der Waals surface area contributed by atoms with Crippen LogP contribution in [-0.4, -0.2) is 17.9 Å². The number of rotatable bonds is 4. The van der Waals surface area contributed by atoms with Crippen molar-refractivity contribution in [3.63, 3.8) is 0 Å². The Bertz CT molecular complexity index is 564. The summed E-state index contributed by atoms with van der Waals surface area (Å²) in [7, 11) is 1.81. The molecule has 19 heavy (non-hydrogen) atoms. The van der Waals surface area contributed by atoms with Gasteiger partial charge in [0.25, 0.3) is 5.91 Å². The maximum atomic E-state index is 12.0. The van der Waals surface area contributed by atoms with Crippen LogP contribution in [0.5, 0.6) is 0 Å². The van der Waals surface area contributed by atoms with Crippen molar-refractivity contribution in [3.05, 3.63) is 53.9 Å². The molecule has 0 saturated heterocycles. The molecule has 2 rings (SSSR count). The van der Waals surface area contributed by atoms with Crippen LogP contribution < -0.4 is 10.6 Å². The molecule has 0 unspecified atom stereocenters. The molecule has 0 fully saturated rings. The molecule has 0 aliphatic rings.